The average Bonchev–Trinajstić information content (AvgIpc) is 2.93. The Labute approximate surface area is 157 Å². The number of aliphatic hydroxyl groups is 1. The molecule has 2 bridgehead atoms. The van der Waals surface area contributed by atoms with Gasteiger partial charge < -0.3 is 14.6 Å². The summed E-state index contributed by atoms with van der Waals surface area (Å²) in [6.07, 6.45) is 3.13. The lowest BCUT2D eigenvalue weighted by Gasteiger charge is -2.45. The smallest absolute Gasteiger partial charge is 0.303 e. The summed E-state index contributed by atoms with van der Waals surface area (Å²) in [5.41, 5.74) is 1.33. The second-order valence-electron chi connectivity index (χ2n) is 9.13. The molecule has 7 atom stereocenters. The van der Waals surface area contributed by atoms with Crippen LogP contribution in [-0.2, 0) is 14.3 Å². The SMILES string of the molecule is C=C1CC[C@@H](C(C)C)[C@H]2[C@@H]1[C@@H]1CC(=C)[C@H](O)CC[C@](C)(OC(C)=O)[C@H]2O1. The summed E-state index contributed by atoms with van der Waals surface area (Å²) in [5.74, 6) is 1.32. The van der Waals surface area contributed by atoms with Crippen LogP contribution in [-0.4, -0.2) is 35.0 Å². The van der Waals surface area contributed by atoms with Gasteiger partial charge in [0.15, 0.2) is 0 Å². The molecular formula is C22H34O4. The van der Waals surface area contributed by atoms with E-state index < -0.39 is 11.7 Å². The van der Waals surface area contributed by atoms with E-state index in [2.05, 4.69) is 27.0 Å². The lowest BCUT2D eigenvalue weighted by molar-refractivity contribution is -0.179. The average molecular weight is 363 g/mol. The summed E-state index contributed by atoms with van der Waals surface area (Å²) in [5, 5.41) is 10.5. The fourth-order valence-corrected chi connectivity index (χ4v) is 5.64. The lowest BCUT2D eigenvalue weighted by Crippen LogP contribution is -2.50. The molecule has 1 saturated carbocycles. The summed E-state index contributed by atoms with van der Waals surface area (Å²) in [7, 11) is 0. The number of ether oxygens (including phenoxy) is 2. The Morgan fingerprint density at radius 1 is 1.31 bits per heavy atom. The molecule has 3 rings (SSSR count). The minimum absolute atomic E-state index is 0.0332. The van der Waals surface area contributed by atoms with Gasteiger partial charge in [0.25, 0.3) is 0 Å². The zero-order valence-corrected chi connectivity index (χ0v) is 16.7. The Morgan fingerprint density at radius 2 is 2.00 bits per heavy atom. The van der Waals surface area contributed by atoms with Crippen LogP contribution in [0.1, 0.15) is 59.8 Å². The van der Waals surface area contributed by atoms with Crippen LogP contribution in [0.15, 0.2) is 24.3 Å². The highest BCUT2D eigenvalue weighted by Crippen LogP contribution is 2.55. The maximum absolute atomic E-state index is 11.9. The molecule has 0 aromatic heterocycles. The Kier molecular flexibility index (Phi) is 5.38. The molecule has 1 aliphatic carbocycles. The molecule has 0 aromatic rings. The van der Waals surface area contributed by atoms with Crippen LogP contribution in [0.4, 0.5) is 0 Å². The first-order valence-corrected chi connectivity index (χ1v) is 10.0. The molecule has 0 amide bonds. The van der Waals surface area contributed by atoms with E-state index >= 15 is 0 Å². The van der Waals surface area contributed by atoms with E-state index in [4.69, 9.17) is 9.47 Å². The predicted molar refractivity (Wildman–Crippen MR) is 102 cm³/mol. The number of esters is 1. The van der Waals surface area contributed by atoms with Crippen molar-refractivity contribution in [2.45, 2.75) is 83.7 Å². The van der Waals surface area contributed by atoms with Crippen molar-refractivity contribution in [3.05, 3.63) is 24.3 Å². The van der Waals surface area contributed by atoms with Crippen LogP contribution < -0.4 is 0 Å². The van der Waals surface area contributed by atoms with E-state index in [1.54, 1.807) is 0 Å². The second-order valence-corrected chi connectivity index (χ2v) is 9.13. The molecule has 0 spiro atoms. The van der Waals surface area contributed by atoms with Gasteiger partial charge >= 0.3 is 5.97 Å². The summed E-state index contributed by atoms with van der Waals surface area (Å²) >= 11 is 0. The minimum atomic E-state index is -0.736. The van der Waals surface area contributed by atoms with Gasteiger partial charge in [0.1, 0.15) is 11.7 Å². The van der Waals surface area contributed by atoms with Gasteiger partial charge in [-0.15, -0.1) is 0 Å². The summed E-state index contributed by atoms with van der Waals surface area (Å²) in [6, 6.07) is 0. The fourth-order valence-electron chi connectivity index (χ4n) is 5.64. The third kappa shape index (κ3) is 3.38. The normalized spacial score (nSPS) is 43.5. The second kappa shape index (κ2) is 7.12. The molecule has 0 unspecified atom stereocenters. The first kappa shape index (κ1) is 19.6. The van der Waals surface area contributed by atoms with E-state index in [1.165, 1.54) is 12.5 Å². The number of rotatable bonds is 2. The number of carbonyl (C=O) groups is 1. The van der Waals surface area contributed by atoms with Crippen LogP contribution in [0.3, 0.4) is 0 Å². The van der Waals surface area contributed by atoms with Gasteiger partial charge in [-0.05, 0) is 56.4 Å². The van der Waals surface area contributed by atoms with Crippen molar-refractivity contribution in [3.63, 3.8) is 0 Å². The van der Waals surface area contributed by atoms with Crippen molar-refractivity contribution in [2.24, 2.45) is 23.7 Å². The number of aliphatic hydroxyl groups excluding tert-OH is 1. The molecule has 1 N–H and O–H groups in total. The van der Waals surface area contributed by atoms with Crippen molar-refractivity contribution < 1.29 is 19.4 Å². The molecule has 146 valence electrons. The molecule has 3 fully saturated rings. The summed E-state index contributed by atoms with van der Waals surface area (Å²) in [4.78, 5) is 11.9. The van der Waals surface area contributed by atoms with Gasteiger partial charge in [-0.1, -0.05) is 32.6 Å². The fraction of sp³-hybridized carbons (Fsp3) is 0.773. The zero-order chi connectivity index (χ0) is 19.2. The van der Waals surface area contributed by atoms with Crippen molar-refractivity contribution >= 4 is 5.97 Å². The Morgan fingerprint density at radius 3 is 2.62 bits per heavy atom. The molecule has 4 nitrogen and oxygen atoms in total. The molecule has 0 aromatic carbocycles. The third-order valence-corrected chi connectivity index (χ3v) is 6.93. The zero-order valence-electron chi connectivity index (χ0n) is 16.7. The highest BCUT2D eigenvalue weighted by atomic mass is 16.6. The first-order chi connectivity index (χ1) is 12.1. The van der Waals surface area contributed by atoms with Crippen LogP contribution in [0.25, 0.3) is 0 Å². The van der Waals surface area contributed by atoms with E-state index in [-0.39, 0.29) is 24.1 Å². The topological polar surface area (TPSA) is 55.8 Å². The maximum atomic E-state index is 11.9. The molecular weight excluding hydrogens is 328 g/mol. The standard InChI is InChI=1S/C22H34O4/c1-12(2)16-8-7-13(3)19-18-11-14(4)17(24)9-10-22(6,26-15(5)23)21(25-18)20(16)19/h12,16-21,24H,3-4,7-11H2,1-2,5-6H3/t16-,17+,18-,19-,20-,21-,22-/m0/s1. The molecule has 0 radical (unpaired) electrons. The van der Waals surface area contributed by atoms with E-state index in [0.29, 0.717) is 37.0 Å². The Hall–Kier alpha value is -1.13. The number of fused-ring (bicyclic) bond motifs is 5. The van der Waals surface area contributed by atoms with Crippen LogP contribution in [0.5, 0.6) is 0 Å². The van der Waals surface area contributed by atoms with Gasteiger partial charge in [-0.25, -0.2) is 0 Å². The summed E-state index contributed by atoms with van der Waals surface area (Å²) in [6.45, 7) is 16.5. The molecule has 26 heavy (non-hydrogen) atoms. The summed E-state index contributed by atoms with van der Waals surface area (Å²) < 4.78 is 12.5. The van der Waals surface area contributed by atoms with E-state index in [9.17, 15) is 9.90 Å². The van der Waals surface area contributed by atoms with E-state index in [0.717, 1.165) is 18.4 Å². The third-order valence-electron chi connectivity index (χ3n) is 6.93. The first-order valence-electron chi connectivity index (χ1n) is 10.0. The lowest BCUT2D eigenvalue weighted by atomic mass is 9.61. The van der Waals surface area contributed by atoms with Crippen LogP contribution >= 0.6 is 0 Å². The van der Waals surface area contributed by atoms with Gasteiger partial charge in [0.05, 0.1) is 12.2 Å². The molecule has 2 saturated heterocycles. The molecule has 4 heteroatoms. The number of carbonyl (C=O) groups excluding carboxylic acids is 1. The monoisotopic (exact) mass is 362 g/mol. The van der Waals surface area contributed by atoms with Crippen molar-refractivity contribution in [1.29, 1.82) is 0 Å². The molecule has 3 aliphatic rings. The number of hydrogen-bond donors (Lipinski definition) is 1. The van der Waals surface area contributed by atoms with Crippen molar-refractivity contribution in [1.82, 2.24) is 0 Å². The largest absolute Gasteiger partial charge is 0.457 e. The van der Waals surface area contributed by atoms with Crippen LogP contribution in [0, 0.1) is 23.7 Å². The van der Waals surface area contributed by atoms with Gasteiger partial charge in [-0.2, -0.15) is 0 Å². The van der Waals surface area contributed by atoms with E-state index in [1.807, 2.05) is 6.92 Å². The highest BCUT2D eigenvalue weighted by molar-refractivity contribution is 5.66. The van der Waals surface area contributed by atoms with Gasteiger partial charge in [-0.3, -0.25) is 4.79 Å². The maximum Gasteiger partial charge on any atom is 0.303 e. The number of hydrogen-bond acceptors (Lipinski definition) is 4. The predicted octanol–water partition coefficient (Wildman–Crippen LogP) is 4.03. The molecule has 2 aliphatic heterocycles. The molecule has 2 heterocycles. The Bertz CT molecular complexity index is 595. The quantitative estimate of drug-likeness (QED) is 0.595. The minimum Gasteiger partial charge on any atom is -0.457 e. The van der Waals surface area contributed by atoms with Crippen LogP contribution in [0.2, 0.25) is 0 Å². The van der Waals surface area contributed by atoms with Gasteiger partial charge in [0, 0.05) is 18.8 Å². The Balaban J connectivity index is 2.05. The van der Waals surface area contributed by atoms with Crippen molar-refractivity contribution in [2.75, 3.05) is 0 Å². The van der Waals surface area contributed by atoms with Crippen molar-refractivity contribution in [3.8, 4) is 0 Å². The van der Waals surface area contributed by atoms with Gasteiger partial charge in [0.2, 0.25) is 0 Å². The highest BCUT2D eigenvalue weighted by Gasteiger charge is 2.58.